The van der Waals surface area contributed by atoms with Crippen molar-refractivity contribution >= 4 is 16.9 Å². The molecule has 5 nitrogen and oxygen atoms in total. The van der Waals surface area contributed by atoms with Crippen molar-refractivity contribution < 1.29 is 13.9 Å². The van der Waals surface area contributed by atoms with Gasteiger partial charge in [0.15, 0.2) is 0 Å². The highest BCUT2D eigenvalue weighted by Gasteiger charge is 2.35. The van der Waals surface area contributed by atoms with Crippen LogP contribution in [0.1, 0.15) is 44.7 Å². The zero-order chi connectivity index (χ0) is 21.6. The van der Waals surface area contributed by atoms with E-state index >= 15 is 0 Å². The van der Waals surface area contributed by atoms with Gasteiger partial charge in [0.1, 0.15) is 11.3 Å². The lowest BCUT2D eigenvalue weighted by Crippen LogP contribution is -2.41. The topological polar surface area (TPSA) is 75.3 Å². The minimum atomic E-state index is -0.496. The van der Waals surface area contributed by atoms with Crippen LogP contribution in [0.15, 0.2) is 52.9 Å². The minimum absolute atomic E-state index is 0.131. The maximum absolute atomic E-state index is 12.4. The van der Waals surface area contributed by atoms with Crippen molar-refractivity contribution in [2.75, 3.05) is 13.2 Å². The van der Waals surface area contributed by atoms with Crippen LogP contribution in [0.2, 0.25) is 0 Å². The molecule has 30 heavy (non-hydrogen) atoms. The Morgan fingerprint density at radius 1 is 1.13 bits per heavy atom. The molecule has 1 N–H and O–H groups in total. The molecule has 0 spiro atoms. The molecule has 0 fully saturated rings. The van der Waals surface area contributed by atoms with Gasteiger partial charge in [0.2, 0.25) is 0 Å². The summed E-state index contributed by atoms with van der Waals surface area (Å²) in [6.07, 6.45) is 1.47. The van der Waals surface area contributed by atoms with Crippen molar-refractivity contribution in [1.29, 1.82) is 5.26 Å². The van der Waals surface area contributed by atoms with Crippen LogP contribution in [0.25, 0.3) is 22.3 Å². The molecule has 3 rings (SSSR count). The Hall–Kier alpha value is -3.10. The number of hydrogen-bond acceptors (Lipinski definition) is 5. The Kier molecular flexibility index (Phi) is 6.91. The van der Waals surface area contributed by atoms with Gasteiger partial charge in [0, 0.05) is 24.0 Å². The van der Waals surface area contributed by atoms with Gasteiger partial charge in [-0.2, -0.15) is 5.26 Å². The third kappa shape index (κ3) is 4.39. The van der Waals surface area contributed by atoms with E-state index in [2.05, 4.69) is 17.5 Å². The largest absolute Gasteiger partial charge is 0.466 e. The number of fused-ring (bicyclic) bond motifs is 1. The van der Waals surface area contributed by atoms with Gasteiger partial charge in [0.25, 0.3) is 0 Å². The second-order valence-electron chi connectivity index (χ2n) is 7.45. The molecule has 0 saturated carbocycles. The average Bonchev–Trinajstić information content (AvgIpc) is 3.20. The van der Waals surface area contributed by atoms with E-state index in [1.54, 1.807) is 6.07 Å². The van der Waals surface area contributed by atoms with E-state index in [1.807, 2.05) is 57.2 Å². The fraction of sp³-hybridized carbons (Fsp3) is 0.360. The third-order valence-corrected chi connectivity index (χ3v) is 5.75. The molecule has 0 bridgehead atoms. The fourth-order valence-corrected chi connectivity index (χ4v) is 3.72. The number of carbonyl (C=O) groups excluding carboxylic acids is 1. The molecular weight excluding hydrogens is 376 g/mol. The first-order valence-corrected chi connectivity index (χ1v) is 10.5. The number of nitrogens with one attached hydrogen (secondary N) is 1. The minimum Gasteiger partial charge on any atom is -0.466 e. The number of hydrogen-bond donors (Lipinski definition) is 1. The van der Waals surface area contributed by atoms with Crippen LogP contribution in [0.3, 0.4) is 0 Å². The fourth-order valence-electron chi connectivity index (χ4n) is 3.72. The van der Waals surface area contributed by atoms with Crippen molar-refractivity contribution in [3.63, 3.8) is 0 Å². The van der Waals surface area contributed by atoms with Crippen LogP contribution >= 0.6 is 0 Å². The Bertz CT molecular complexity index is 1060. The zero-order valence-corrected chi connectivity index (χ0v) is 17.8. The SMILES string of the molecule is CCOC(=O)C(CC)(CC)CNCc1ccc2oc(-c3ccccc3C#N)cc2c1. The lowest BCUT2D eigenvalue weighted by Gasteiger charge is -2.29. The summed E-state index contributed by atoms with van der Waals surface area (Å²) in [4.78, 5) is 12.4. The second kappa shape index (κ2) is 9.60. The predicted octanol–water partition coefficient (Wildman–Crippen LogP) is 5.43. The normalized spacial score (nSPS) is 11.4. The highest BCUT2D eigenvalue weighted by atomic mass is 16.5. The molecule has 0 aliphatic rings. The summed E-state index contributed by atoms with van der Waals surface area (Å²) in [5, 5.41) is 13.8. The number of ether oxygens (including phenoxy) is 1. The number of benzene rings is 2. The van der Waals surface area contributed by atoms with Crippen molar-refractivity contribution in [2.24, 2.45) is 5.41 Å². The zero-order valence-electron chi connectivity index (χ0n) is 17.8. The van der Waals surface area contributed by atoms with Crippen LogP contribution in [0.5, 0.6) is 0 Å². The van der Waals surface area contributed by atoms with E-state index < -0.39 is 5.41 Å². The van der Waals surface area contributed by atoms with E-state index in [1.165, 1.54) is 0 Å². The first-order chi connectivity index (χ1) is 14.6. The van der Waals surface area contributed by atoms with E-state index in [0.717, 1.165) is 34.9 Å². The molecule has 3 aromatic rings. The lowest BCUT2D eigenvalue weighted by molar-refractivity contribution is -0.155. The summed E-state index contributed by atoms with van der Waals surface area (Å²) < 4.78 is 11.3. The van der Waals surface area contributed by atoms with Crippen LogP contribution in [0.4, 0.5) is 0 Å². The number of nitrogens with zero attached hydrogens (tertiary/aromatic N) is 1. The Labute approximate surface area is 177 Å². The summed E-state index contributed by atoms with van der Waals surface area (Å²) in [6, 6.07) is 17.6. The van der Waals surface area contributed by atoms with E-state index in [4.69, 9.17) is 9.15 Å². The van der Waals surface area contributed by atoms with Gasteiger partial charge in [-0.25, -0.2) is 0 Å². The van der Waals surface area contributed by atoms with Gasteiger partial charge in [-0.3, -0.25) is 4.79 Å². The third-order valence-electron chi connectivity index (χ3n) is 5.75. The van der Waals surface area contributed by atoms with Crippen molar-refractivity contribution in [3.05, 3.63) is 59.7 Å². The average molecular weight is 405 g/mol. The summed E-state index contributed by atoms with van der Waals surface area (Å²) >= 11 is 0. The Balaban J connectivity index is 1.75. The van der Waals surface area contributed by atoms with Crippen molar-refractivity contribution in [3.8, 4) is 17.4 Å². The molecule has 1 heterocycles. The molecule has 5 heteroatoms. The lowest BCUT2D eigenvalue weighted by atomic mass is 9.82. The van der Waals surface area contributed by atoms with E-state index in [0.29, 0.717) is 31.0 Å². The quantitative estimate of drug-likeness (QED) is 0.481. The van der Waals surface area contributed by atoms with E-state index in [-0.39, 0.29) is 5.97 Å². The van der Waals surface area contributed by atoms with Crippen LogP contribution in [-0.2, 0) is 16.1 Å². The number of carbonyl (C=O) groups is 1. The monoisotopic (exact) mass is 404 g/mol. The van der Waals surface area contributed by atoms with Crippen molar-refractivity contribution in [1.82, 2.24) is 5.32 Å². The van der Waals surface area contributed by atoms with Gasteiger partial charge in [-0.15, -0.1) is 0 Å². The molecular formula is C25H28N2O3. The van der Waals surface area contributed by atoms with Crippen molar-refractivity contribution in [2.45, 2.75) is 40.2 Å². The van der Waals surface area contributed by atoms with Gasteiger partial charge in [-0.05, 0) is 55.7 Å². The van der Waals surface area contributed by atoms with Crippen LogP contribution in [0, 0.1) is 16.7 Å². The first-order valence-electron chi connectivity index (χ1n) is 10.5. The summed E-state index contributed by atoms with van der Waals surface area (Å²) in [7, 11) is 0. The summed E-state index contributed by atoms with van der Waals surface area (Å²) in [5.41, 5.74) is 2.77. The second-order valence-corrected chi connectivity index (χ2v) is 7.45. The van der Waals surface area contributed by atoms with Gasteiger partial charge in [-0.1, -0.05) is 32.0 Å². The molecule has 0 radical (unpaired) electrons. The Morgan fingerprint density at radius 2 is 1.90 bits per heavy atom. The van der Waals surface area contributed by atoms with Gasteiger partial charge >= 0.3 is 5.97 Å². The molecule has 0 unspecified atom stereocenters. The molecule has 0 aliphatic heterocycles. The molecule has 1 aromatic heterocycles. The molecule has 0 saturated heterocycles. The summed E-state index contributed by atoms with van der Waals surface area (Å²) in [5.74, 6) is 0.555. The number of nitriles is 1. The first kappa shape index (κ1) is 21.6. The van der Waals surface area contributed by atoms with Gasteiger partial charge < -0.3 is 14.5 Å². The van der Waals surface area contributed by atoms with Gasteiger partial charge in [0.05, 0.1) is 23.7 Å². The molecule has 2 aromatic carbocycles. The Morgan fingerprint density at radius 3 is 2.60 bits per heavy atom. The molecule has 0 atom stereocenters. The number of furan rings is 1. The highest BCUT2D eigenvalue weighted by Crippen LogP contribution is 2.31. The molecule has 156 valence electrons. The predicted molar refractivity (Wildman–Crippen MR) is 118 cm³/mol. The standard InChI is InChI=1S/C25H28N2O3/c1-4-25(5-2,24(28)29-6-3)17-27-16-18-11-12-22-20(13-18)14-23(30-22)21-10-8-7-9-19(21)15-26/h7-14,27H,4-6,16-17H2,1-3H3. The highest BCUT2D eigenvalue weighted by molar-refractivity contribution is 5.84. The molecule has 0 aliphatic carbocycles. The van der Waals surface area contributed by atoms with Crippen LogP contribution < -0.4 is 5.32 Å². The number of rotatable bonds is 9. The van der Waals surface area contributed by atoms with Crippen LogP contribution in [-0.4, -0.2) is 19.1 Å². The maximum Gasteiger partial charge on any atom is 0.313 e. The summed E-state index contributed by atoms with van der Waals surface area (Å²) in [6.45, 7) is 7.51. The molecule has 0 amide bonds. The van der Waals surface area contributed by atoms with E-state index in [9.17, 15) is 10.1 Å². The number of esters is 1. The smallest absolute Gasteiger partial charge is 0.313 e. The maximum atomic E-state index is 12.4.